The number of nitrogens with zero attached hydrogens (tertiary/aromatic N) is 1. The Balaban J connectivity index is 2.86. The molecule has 0 spiro atoms. The second kappa shape index (κ2) is 3.50. The van der Waals surface area contributed by atoms with Crippen LogP contribution in [0.2, 0.25) is 0 Å². The fraction of sp³-hybridized carbons (Fsp3) is 0.333. The van der Waals surface area contributed by atoms with Crippen LogP contribution in [-0.4, -0.2) is 9.97 Å². The van der Waals surface area contributed by atoms with Crippen molar-refractivity contribution in [1.29, 1.82) is 0 Å². The van der Waals surface area contributed by atoms with Crippen molar-refractivity contribution < 1.29 is 0 Å². The van der Waals surface area contributed by atoms with Gasteiger partial charge in [0.05, 0.1) is 11.2 Å². The summed E-state index contributed by atoms with van der Waals surface area (Å²) in [5.74, 6) is 0.360. The highest BCUT2D eigenvalue weighted by Gasteiger charge is 2.08. The fourth-order valence-corrected chi connectivity index (χ4v) is 1.76. The molecule has 0 amide bonds. The van der Waals surface area contributed by atoms with Crippen LogP contribution in [0.1, 0.15) is 31.2 Å². The van der Waals surface area contributed by atoms with Gasteiger partial charge in [0.15, 0.2) is 0 Å². The lowest BCUT2D eigenvalue weighted by Gasteiger charge is -2.09. The first-order valence-corrected chi connectivity index (χ1v) is 5.08. The normalized spacial score (nSPS) is 11.2. The van der Waals surface area contributed by atoms with Crippen LogP contribution in [0, 0.1) is 6.92 Å². The Morgan fingerprint density at radius 3 is 2.73 bits per heavy atom. The molecule has 3 heteroatoms. The molecule has 0 fully saturated rings. The lowest BCUT2D eigenvalue weighted by Crippen LogP contribution is -2.05. The zero-order valence-corrected chi connectivity index (χ0v) is 9.16. The van der Waals surface area contributed by atoms with E-state index < -0.39 is 0 Å². The average molecular weight is 202 g/mol. The number of fused-ring (bicyclic) bond motifs is 1. The van der Waals surface area contributed by atoms with Gasteiger partial charge >= 0.3 is 0 Å². The molecular formula is C12H14N2O. The summed E-state index contributed by atoms with van der Waals surface area (Å²) in [6, 6.07) is 5.30. The summed E-state index contributed by atoms with van der Waals surface area (Å²) in [5, 5.41) is 1.04. The molecule has 0 bridgehead atoms. The Morgan fingerprint density at radius 1 is 1.33 bits per heavy atom. The van der Waals surface area contributed by atoms with Crippen molar-refractivity contribution in [2.45, 2.75) is 26.7 Å². The maximum atomic E-state index is 11.2. The van der Waals surface area contributed by atoms with E-state index in [9.17, 15) is 4.79 Å². The van der Waals surface area contributed by atoms with E-state index >= 15 is 0 Å². The Kier molecular flexibility index (Phi) is 2.31. The van der Waals surface area contributed by atoms with Crippen molar-refractivity contribution in [3.05, 3.63) is 39.9 Å². The highest BCUT2D eigenvalue weighted by Crippen LogP contribution is 2.21. The van der Waals surface area contributed by atoms with Gasteiger partial charge in [-0.3, -0.25) is 9.78 Å². The smallest absolute Gasteiger partial charge is 0.248 e. The van der Waals surface area contributed by atoms with Crippen LogP contribution in [0.25, 0.3) is 10.9 Å². The fourth-order valence-electron chi connectivity index (χ4n) is 1.76. The van der Waals surface area contributed by atoms with E-state index in [4.69, 9.17) is 0 Å². The first kappa shape index (κ1) is 9.90. The standard InChI is InChI=1S/C12H14N2O/c1-7(2)12-9-4-5-11(15)14-10(9)6-8(3)13-12/h4-7H,1-3H3,(H,14,15). The lowest BCUT2D eigenvalue weighted by molar-refractivity contribution is 0.827. The van der Waals surface area contributed by atoms with E-state index in [1.165, 1.54) is 0 Å². The molecule has 0 aliphatic rings. The number of hydrogen-bond donors (Lipinski definition) is 1. The number of nitrogens with one attached hydrogen (secondary N) is 1. The molecule has 2 rings (SSSR count). The molecule has 0 aliphatic heterocycles. The minimum atomic E-state index is -0.0668. The number of pyridine rings is 2. The van der Waals surface area contributed by atoms with Crippen molar-refractivity contribution in [1.82, 2.24) is 9.97 Å². The summed E-state index contributed by atoms with van der Waals surface area (Å²) >= 11 is 0. The molecule has 0 saturated carbocycles. The van der Waals surface area contributed by atoms with Crippen molar-refractivity contribution >= 4 is 10.9 Å². The lowest BCUT2D eigenvalue weighted by atomic mass is 10.0. The molecule has 78 valence electrons. The SMILES string of the molecule is Cc1cc2[nH]c(=O)ccc2c(C(C)C)n1. The van der Waals surface area contributed by atoms with E-state index in [1.807, 2.05) is 19.1 Å². The van der Waals surface area contributed by atoms with E-state index in [2.05, 4.69) is 23.8 Å². The molecule has 0 aliphatic carbocycles. The van der Waals surface area contributed by atoms with Gasteiger partial charge in [0, 0.05) is 17.1 Å². The van der Waals surface area contributed by atoms with Crippen molar-refractivity contribution in [3.8, 4) is 0 Å². The van der Waals surface area contributed by atoms with Crippen LogP contribution in [0.5, 0.6) is 0 Å². The van der Waals surface area contributed by atoms with E-state index in [-0.39, 0.29) is 5.56 Å². The predicted molar refractivity (Wildman–Crippen MR) is 61.2 cm³/mol. The van der Waals surface area contributed by atoms with Crippen LogP contribution in [-0.2, 0) is 0 Å². The van der Waals surface area contributed by atoms with Crippen LogP contribution in [0.15, 0.2) is 23.0 Å². The summed E-state index contributed by atoms with van der Waals surface area (Å²) in [4.78, 5) is 18.5. The second-order valence-electron chi connectivity index (χ2n) is 4.09. The van der Waals surface area contributed by atoms with Gasteiger partial charge in [-0.25, -0.2) is 0 Å². The zero-order chi connectivity index (χ0) is 11.0. The van der Waals surface area contributed by atoms with Gasteiger partial charge in [-0.15, -0.1) is 0 Å². The quantitative estimate of drug-likeness (QED) is 0.771. The molecule has 1 N–H and O–H groups in total. The monoisotopic (exact) mass is 202 g/mol. The van der Waals surface area contributed by atoms with E-state index in [1.54, 1.807) is 6.07 Å². The third kappa shape index (κ3) is 1.77. The molecule has 3 nitrogen and oxygen atoms in total. The predicted octanol–water partition coefficient (Wildman–Crippen LogP) is 2.35. The molecule has 0 unspecified atom stereocenters. The maximum Gasteiger partial charge on any atom is 0.248 e. The van der Waals surface area contributed by atoms with Gasteiger partial charge in [0.25, 0.3) is 0 Å². The molecule has 0 aromatic carbocycles. The summed E-state index contributed by atoms with van der Waals surface area (Å²) in [7, 11) is 0. The largest absolute Gasteiger partial charge is 0.322 e. The molecule has 2 heterocycles. The van der Waals surface area contributed by atoms with Crippen LogP contribution >= 0.6 is 0 Å². The van der Waals surface area contributed by atoms with Gasteiger partial charge in [0.2, 0.25) is 5.56 Å². The van der Waals surface area contributed by atoms with Crippen LogP contribution < -0.4 is 5.56 Å². The number of rotatable bonds is 1. The second-order valence-corrected chi connectivity index (χ2v) is 4.09. The molecule has 2 aromatic rings. The van der Waals surface area contributed by atoms with Gasteiger partial charge < -0.3 is 4.98 Å². The first-order valence-electron chi connectivity index (χ1n) is 5.08. The number of aromatic amines is 1. The topological polar surface area (TPSA) is 45.8 Å². The van der Waals surface area contributed by atoms with E-state index in [0.29, 0.717) is 5.92 Å². The average Bonchev–Trinajstić information content (AvgIpc) is 2.15. The Hall–Kier alpha value is -1.64. The zero-order valence-electron chi connectivity index (χ0n) is 9.16. The summed E-state index contributed by atoms with van der Waals surface area (Å²) < 4.78 is 0. The number of aromatic nitrogens is 2. The molecule has 2 aromatic heterocycles. The van der Waals surface area contributed by atoms with Crippen molar-refractivity contribution in [3.63, 3.8) is 0 Å². The summed E-state index contributed by atoms with van der Waals surface area (Å²) in [5.41, 5.74) is 2.79. The minimum absolute atomic E-state index is 0.0668. The number of aryl methyl sites for hydroxylation is 1. The van der Waals surface area contributed by atoms with Crippen molar-refractivity contribution in [2.75, 3.05) is 0 Å². The van der Waals surface area contributed by atoms with Crippen LogP contribution in [0.3, 0.4) is 0 Å². The molecule has 0 radical (unpaired) electrons. The third-order valence-corrected chi connectivity index (χ3v) is 2.42. The molecule has 0 atom stereocenters. The summed E-state index contributed by atoms with van der Waals surface area (Å²) in [6.45, 7) is 6.15. The summed E-state index contributed by atoms with van der Waals surface area (Å²) in [6.07, 6.45) is 0. The molecule has 0 saturated heterocycles. The molecule has 15 heavy (non-hydrogen) atoms. The maximum absolute atomic E-state index is 11.2. The number of H-pyrrole nitrogens is 1. The van der Waals surface area contributed by atoms with Crippen LogP contribution in [0.4, 0.5) is 0 Å². The van der Waals surface area contributed by atoms with E-state index in [0.717, 1.165) is 22.3 Å². The number of hydrogen-bond acceptors (Lipinski definition) is 2. The Labute approximate surface area is 88.2 Å². The molecular weight excluding hydrogens is 188 g/mol. The Morgan fingerprint density at radius 2 is 2.07 bits per heavy atom. The van der Waals surface area contributed by atoms with Gasteiger partial charge in [0.1, 0.15) is 0 Å². The van der Waals surface area contributed by atoms with Gasteiger partial charge in [-0.1, -0.05) is 13.8 Å². The Bertz CT molecular complexity index is 555. The third-order valence-electron chi connectivity index (χ3n) is 2.42. The minimum Gasteiger partial charge on any atom is -0.322 e. The van der Waals surface area contributed by atoms with Gasteiger partial charge in [-0.05, 0) is 25.0 Å². The van der Waals surface area contributed by atoms with Crippen molar-refractivity contribution in [2.24, 2.45) is 0 Å². The van der Waals surface area contributed by atoms with Gasteiger partial charge in [-0.2, -0.15) is 0 Å². The highest BCUT2D eigenvalue weighted by atomic mass is 16.1. The highest BCUT2D eigenvalue weighted by molar-refractivity contribution is 5.81. The first-order chi connectivity index (χ1) is 7.08.